The molecule has 1 aliphatic carbocycles. The summed E-state index contributed by atoms with van der Waals surface area (Å²) in [6, 6.07) is 0. The quantitative estimate of drug-likeness (QED) is 0.520. The molecule has 1 aliphatic rings. The maximum Gasteiger partial charge on any atom is -0.0133 e. The Morgan fingerprint density at radius 2 is 2.10 bits per heavy atom. The van der Waals surface area contributed by atoms with E-state index in [-0.39, 0.29) is 0 Å². The van der Waals surface area contributed by atoms with Gasteiger partial charge in [-0.25, -0.2) is 0 Å². The van der Waals surface area contributed by atoms with Gasteiger partial charge in [0.2, 0.25) is 0 Å². The van der Waals surface area contributed by atoms with Crippen molar-refractivity contribution in [3.63, 3.8) is 0 Å². The highest BCUT2D eigenvalue weighted by atomic mass is 14.4. The van der Waals surface area contributed by atoms with Gasteiger partial charge >= 0.3 is 0 Å². The van der Waals surface area contributed by atoms with Crippen molar-refractivity contribution in [1.29, 1.82) is 0 Å². The summed E-state index contributed by atoms with van der Waals surface area (Å²) in [5.41, 5.74) is 1.35. The molecule has 1 rings (SSSR count). The fourth-order valence-corrected chi connectivity index (χ4v) is 1.27. The van der Waals surface area contributed by atoms with Crippen LogP contribution in [-0.4, -0.2) is 0 Å². The van der Waals surface area contributed by atoms with Crippen molar-refractivity contribution >= 4 is 0 Å². The van der Waals surface area contributed by atoms with Crippen LogP contribution in [0.2, 0.25) is 0 Å². The molecular weight excluding hydrogens is 120 g/mol. The molecular formula is C10H14. The fourth-order valence-electron chi connectivity index (χ4n) is 1.27. The van der Waals surface area contributed by atoms with Gasteiger partial charge < -0.3 is 0 Å². The largest absolute Gasteiger partial charge is 0.0991 e. The summed E-state index contributed by atoms with van der Waals surface area (Å²) in [6.07, 6.45) is 7.16. The first-order valence-electron chi connectivity index (χ1n) is 3.74. The zero-order valence-corrected chi connectivity index (χ0v) is 6.51. The lowest BCUT2D eigenvalue weighted by Gasteiger charge is -1.94. The molecule has 0 N–H and O–H groups in total. The van der Waals surface area contributed by atoms with E-state index >= 15 is 0 Å². The van der Waals surface area contributed by atoms with Crippen molar-refractivity contribution < 1.29 is 0 Å². The molecule has 0 aromatic rings. The lowest BCUT2D eigenvalue weighted by Crippen LogP contribution is -1.80. The first-order chi connectivity index (χ1) is 4.79. The third-order valence-electron chi connectivity index (χ3n) is 2.08. The predicted octanol–water partition coefficient (Wildman–Crippen LogP) is 2.94. The minimum absolute atomic E-state index is 0.774. The Hall–Kier alpha value is -0.780. The SMILES string of the molecule is C=C/C=C(\C=C)C1CC1C. The Bertz CT molecular complexity index is 174. The second kappa shape index (κ2) is 2.87. The Balaban J connectivity index is 2.57. The summed E-state index contributed by atoms with van der Waals surface area (Å²) in [5, 5.41) is 0. The Kier molecular flexibility index (Phi) is 2.10. The smallest absolute Gasteiger partial charge is 0.0133 e. The zero-order valence-electron chi connectivity index (χ0n) is 6.51. The first-order valence-corrected chi connectivity index (χ1v) is 3.74. The van der Waals surface area contributed by atoms with E-state index in [1.165, 1.54) is 12.0 Å². The van der Waals surface area contributed by atoms with Crippen LogP contribution in [0.5, 0.6) is 0 Å². The van der Waals surface area contributed by atoms with Crippen LogP contribution in [0.25, 0.3) is 0 Å². The number of allylic oxidation sites excluding steroid dienone is 4. The molecule has 0 spiro atoms. The Morgan fingerprint density at radius 3 is 2.40 bits per heavy atom. The summed E-state index contributed by atoms with van der Waals surface area (Å²) >= 11 is 0. The van der Waals surface area contributed by atoms with Crippen molar-refractivity contribution in [3.8, 4) is 0 Å². The van der Waals surface area contributed by atoms with Gasteiger partial charge in [0.1, 0.15) is 0 Å². The zero-order chi connectivity index (χ0) is 7.56. The molecule has 0 aromatic carbocycles. The van der Waals surface area contributed by atoms with E-state index in [4.69, 9.17) is 0 Å². The normalized spacial score (nSPS) is 31.5. The van der Waals surface area contributed by atoms with E-state index < -0.39 is 0 Å². The van der Waals surface area contributed by atoms with Gasteiger partial charge in [-0.3, -0.25) is 0 Å². The molecule has 0 amide bonds. The van der Waals surface area contributed by atoms with Crippen molar-refractivity contribution in [2.75, 3.05) is 0 Å². The molecule has 1 saturated carbocycles. The van der Waals surface area contributed by atoms with E-state index in [1.807, 2.05) is 12.2 Å². The Labute approximate surface area is 62.9 Å². The molecule has 0 nitrogen and oxygen atoms in total. The van der Waals surface area contributed by atoms with Crippen LogP contribution in [0.3, 0.4) is 0 Å². The number of hydrogen-bond acceptors (Lipinski definition) is 0. The van der Waals surface area contributed by atoms with Crippen LogP contribution < -0.4 is 0 Å². The third kappa shape index (κ3) is 1.38. The topological polar surface area (TPSA) is 0 Å². The maximum absolute atomic E-state index is 3.76. The third-order valence-corrected chi connectivity index (χ3v) is 2.08. The highest BCUT2D eigenvalue weighted by Crippen LogP contribution is 2.43. The van der Waals surface area contributed by atoms with E-state index in [0.717, 1.165) is 11.8 Å². The van der Waals surface area contributed by atoms with Crippen LogP contribution in [0.4, 0.5) is 0 Å². The fraction of sp³-hybridized carbons (Fsp3) is 0.400. The van der Waals surface area contributed by atoms with Crippen molar-refractivity contribution in [3.05, 3.63) is 37.0 Å². The van der Waals surface area contributed by atoms with E-state index in [0.29, 0.717) is 0 Å². The summed E-state index contributed by atoms with van der Waals surface area (Å²) < 4.78 is 0. The molecule has 10 heavy (non-hydrogen) atoms. The number of hydrogen-bond donors (Lipinski definition) is 0. The molecule has 54 valence electrons. The van der Waals surface area contributed by atoms with Crippen LogP contribution in [0.15, 0.2) is 37.0 Å². The summed E-state index contributed by atoms with van der Waals surface area (Å²) in [6.45, 7) is 9.69. The average molecular weight is 134 g/mol. The summed E-state index contributed by atoms with van der Waals surface area (Å²) in [7, 11) is 0. The van der Waals surface area contributed by atoms with Gasteiger partial charge in [0.05, 0.1) is 0 Å². The van der Waals surface area contributed by atoms with E-state index in [2.05, 4.69) is 26.2 Å². The van der Waals surface area contributed by atoms with Crippen molar-refractivity contribution in [1.82, 2.24) is 0 Å². The van der Waals surface area contributed by atoms with Crippen LogP contribution in [0.1, 0.15) is 13.3 Å². The minimum Gasteiger partial charge on any atom is -0.0991 e. The van der Waals surface area contributed by atoms with Crippen LogP contribution >= 0.6 is 0 Å². The lowest BCUT2D eigenvalue weighted by atomic mass is 10.1. The van der Waals surface area contributed by atoms with Gasteiger partial charge in [-0.2, -0.15) is 0 Å². The molecule has 0 aliphatic heterocycles. The predicted molar refractivity (Wildman–Crippen MR) is 45.7 cm³/mol. The van der Waals surface area contributed by atoms with Gasteiger partial charge in [0.15, 0.2) is 0 Å². The minimum atomic E-state index is 0.774. The van der Waals surface area contributed by atoms with Gasteiger partial charge in [-0.15, -0.1) is 0 Å². The van der Waals surface area contributed by atoms with Gasteiger partial charge in [-0.05, 0) is 23.8 Å². The number of rotatable bonds is 3. The molecule has 0 heteroatoms. The van der Waals surface area contributed by atoms with Gasteiger partial charge in [0, 0.05) is 0 Å². The monoisotopic (exact) mass is 134 g/mol. The summed E-state index contributed by atoms with van der Waals surface area (Å²) in [4.78, 5) is 0. The van der Waals surface area contributed by atoms with Crippen molar-refractivity contribution in [2.45, 2.75) is 13.3 Å². The molecule has 0 radical (unpaired) electrons. The standard InChI is InChI=1S/C10H14/c1-4-6-9(5-2)10-7-8(10)3/h4-6,8,10H,1-2,7H2,3H3/b9-6+. The highest BCUT2D eigenvalue weighted by molar-refractivity contribution is 5.28. The lowest BCUT2D eigenvalue weighted by molar-refractivity contribution is 0.874. The molecule has 2 unspecified atom stereocenters. The second-order valence-electron chi connectivity index (χ2n) is 2.93. The Morgan fingerprint density at radius 1 is 1.50 bits per heavy atom. The molecule has 0 saturated heterocycles. The molecule has 0 bridgehead atoms. The van der Waals surface area contributed by atoms with Crippen molar-refractivity contribution in [2.24, 2.45) is 11.8 Å². The molecule has 2 atom stereocenters. The molecule has 0 aromatic heterocycles. The van der Waals surface area contributed by atoms with E-state index in [1.54, 1.807) is 0 Å². The summed E-state index contributed by atoms with van der Waals surface area (Å²) in [5.74, 6) is 1.64. The second-order valence-corrected chi connectivity index (χ2v) is 2.93. The average Bonchev–Trinajstić information content (AvgIpc) is 2.62. The van der Waals surface area contributed by atoms with Gasteiger partial charge in [-0.1, -0.05) is 38.3 Å². The van der Waals surface area contributed by atoms with Crippen LogP contribution in [-0.2, 0) is 0 Å². The van der Waals surface area contributed by atoms with Crippen LogP contribution in [0, 0.1) is 11.8 Å². The highest BCUT2D eigenvalue weighted by Gasteiger charge is 2.33. The van der Waals surface area contributed by atoms with Gasteiger partial charge in [0.25, 0.3) is 0 Å². The molecule has 0 heterocycles. The molecule has 1 fully saturated rings. The van der Waals surface area contributed by atoms with E-state index in [9.17, 15) is 0 Å². The first kappa shape index (κ1) is 7.33. The maximum atomic E-state index is 3.76.